The highest BCUT2D eigenvalue weighted by molar-refractivity contribution is 6.03. The Hall–Kier alpha value is -3.32. The molecule has 1 amide bonds. The Labute approximate surface area is 156 Å². The highest BCUT2D eigenvalue weighted by Crippen LogP contribution is 2.22. The van der Waals surface area contributed by atoms with E-state index in [4.69, 9.17) is 11.5 Å². The Morgan fingerprint density at radius 3 is 2.50 bits per heavy atom. The number of aromatic amines is 1. The Bertz CT molecular complexity index is 929. The summed E-state index contributed by atoms with van der Waals surface area (Å²) in [6.45, 7) is 1.97. The van der Waals surface area contributed by atoms with Gasteiger partial charge < -0.3 is 16.8 Å². The van der Waals surface area contributed by atoms with Crippen molar-refractivity contribution >= 4 is 35.6 Å². The second kappa shape index (κ2) is 8.17. The second-order valence-electron chi connectivity index (χ2n) is 5.57. The number of halogens is 1. The van der Waals surface area contributed by atoms with Crippen LogP contribution in [0.2, 0.25) is 0 Å². The van der Waals surface area contributed by atoms with Crippen LogP contribution < -0.4 is 16.8 Å². The maximum Gasteiger partial charge on any atom is 0.273 e. The van der Waals surface area contributed by atoms with E-state index in [0.29, 0.717) is 17.1 Å². The van der Waals surface area contributed by atoms with Crippen LogP contribution in [0.5, 0.6) is 0 Å². The van der Waals surface area contributed by atoms with Gasteiger partial charge in [-0.2, -0.15) is 5.10 Å². The lowest BCUT2D eigenvalue weighted by Crippen LogP contribution is -2.21. The van der Waals surface area contributed by atoms with Crippen molar-refractivity contribution in [2.75, 3.05) is 5.32 Å². The van der Waals surface area contributed by atoms with Gasteiger partial charge in [0.1, 0.15) is 5.69 Å². The van der Waals surface area contributed by atoms with Crippen LogP contribution >= 0.6 is 12.4 Å². The van der Waals surface area contributed by atoms with Gasteiger partial charge in [-0.1, -0.05) is 24.3 Å². The summed E-state index contributed by atoms with van der Waals surface area (Å²) in [6, 6.07) is 16.5. The lowest BCUT2D eigenvalue weighted by Gasteiger charge is -2.03. The van der Waals surface area contributed by atoms with Crippen molar-refractivity contribution < 1.29 is 4.79 Å². The summed E-state index contributed by atoms with van der Waals surface area (Å²) in [5.74, 6) is -0.246. The highest BCUT2D eigenvalue weighted by atomic mass is 35.5. The van der Waals surface area contributed by atoms with E-state index in [1.165, 1.54) is 0 Å². The van der Waals surface area contributed by atoms with Gasteiger partial charge in [-0.25, -0.2) is 4.99 Å². The molecule has 0 saturated carbocycles. The van der Waals surface area contributed by atoms with E-state index in [-0.39, 0.29) is 24.3 Å². The van der Waals surface area contributed by atoms with Crippen molar-refractivity contribution in [2.45, 2.75) is 6.92 Å². The third-order valence-electron chi connectivity index (χ3n) is 3.52. The van der Waals surface area contributed by atoms with E-state index < -0.39 is 0 Å². The van der Waals surface area contributed by atoms with Gasteiger partial charge in [0, 0.05) is 11.3 Å². The number of aliphatic imine (C=N–C) groups is 1. The normalized spacial score (nSPS) is 9.88. The Morgan fingerprint density at radius 1 is 1.12 bits per heavy atom. The molecule has 0 radical (unpaired) electrons. The number of aryl methyl sites for hydroxylation is 1. The molecule has 0 aliphatic carbocycles. The molecular weight excluding hydrogens is 352 g/mol. The molecule has 0 aliphatic heterocycles. The Morgan fingerprint density at radius 2 is 1.85 bits per heavy atom. The quantitative estimate of drug-likeness (QED) is 0.416. The molecule has 3 aromatic rings. The fourth-order valence-electron chi connectivity index (χ4n) is 2.36. The largest absolute Gasteiger partial charge is 0.370 e. The van der Waals surface area contributed by atoms with Crippen molar-refractivity contribution in [3.05, 3.63) is 65.9 Å². The van der Waals surface area contributed by atoms with Crippen molar-refractivity contribution in [1.29, 1.82) is 0 Å². The molecule has 6 N–H and O–H groups in total. The number of rotatable bonds is 4. The second-order valence-corrected chi connectivity index (χ2v) is 5.57. The summed E-state index contributed by atoms with van der Waals surface area (Å²) >= 11 is 0. The maximum atomic E-state index is 12.3. The van der Waals surface area contributed by atoms with Crippen LogP contribution in [0.25, 0.3) is 11.3 Å². The molecule has 0 atom stereocenters. The third kappa shape index (κ3) is 4.61. The molecule has 0 spiro atoms. The number of benzene rings is 2. The molecular formula is C18H19ClN6O. The van der Waals surface area contributed by atoms with E-state index in [1.807, 2.05) is 43.3 Å². The van der Waals surface area contributed by atoms with Crippen molar-refractivity contribution in [3.8, 4) is 11.3 Å². The summed E-state index contributed by atoms with van der Waals surface area (Å²) in [5.41, 5.74) is 15.0. The molecule has 0 saturated heterocycles. The maximum absolute atomic E-state index is 12.3. The van der Waals surface area contributed by atoms with Gasteiger partial charge in [-0.3, -0.25) is 9.89 Å². The summed E-state index contributed by atoms with van der Waals surface area (Å²) in [4.78, 5) is 16.3. The zero-order valence-corrected chi connectivity index (χ0v) is 14.9. The summed E-state index contributed by atoms with van der Waals surface area (Å²) in [5, 5.41) is 9.78. The fourth-order valence-corrected chi connectivity index (χ4v) is 2.36. The van der Waals surface area contributed by atoms with Crippen LogP contribution in [0.15, 0.2) is 59.6 Å². The topological polar surface area (TPSA) is 122 Å². The number of anilines is 1. The van der Waals surface area contributed by atoms with Crippen molar-refractivity contribution in [3.63, 3.8) is 0 Å². The van der Waals surface area contributed by atoms with Gasteiger partial charge in [-0.05, 0) is 42.8 Å². The third-order valence-corrected chi connectivity index (χ3v) is 3.52. The van der Waals surface area contributed by atoms with Gasteiger partial charge in [0.05, 0.1) is 11.4 Å². The van der Waals surface area contributed by atoms with Gasteiger partial charge >= 0.3 is 0 Å². The number of amides is 1. The zero-order valence-electron chi connectivity index (χ0n) is 14.1. The number of carbonyl (C=O) groups is 1. The first-order valence-electron chi connectivity index (χ1n) is 7.65. The summed E-state index contributed by atoms with van der Waals surface area (Å²) < 4.78 is 0. The predicted octanol–water partition coefficient (Wildman–Crippen LogP) is 2.96. The monoisotopic (exact) mass is 370 g/mol. The average molecular weight is 371 g/mol. The molecule has 0 unspecified atom stereocenters. The van der Waals surface area contributed by atoms with Gasteiger partial charge in [0.15, 0.2) is 5.96 Å². The molecule has 0 fully saturated rings. The van der Waals surface area contributed by atoms with E-state index in [2.05, 4.69) is 20.5 Å². The molecule has 3 rings (SSSR count). The van der Waals surface area contributed by atoms with E-state index in [1.54, 1.807) is 18.2 Å². The summed E-state index contributed by atoms with van der Waals surface area (Å²) in [7, 11) is 0. The van der Waals surface area contributed by atoms with Crippen LogP contribution in [0.3, 0.4) is 0 Å². The first-order chi connectivity index (χ1) is 12.0. The number of carbonyl (C=O) groups excluding carboxylic acids is 1. The van der Waals surface area contributed by atoms with E-state index >= 15 is 0 Å². The number of guanidine groups is 1. The standard InChI is InChI=1S/C18H18N6O.ClH/c1-11-3-2-4-14(9-11)21-17(25)16-10-15(23-24-16)12-5-7-13(8-6-12)22-18(19)20;/h2-10H,1H3,(H,21,25)(H,23,24)(H4,19,20,22);1H. The van der Waals surface area contributed by atoms with Crippen LogP contribution in [-0.4, -0.2) is 22.1 Å². The van der Waals surface area contributed by atoms with Gasteiger partial charge in [0.2, 0.25) is 0 Å². The van der Waals surface area contributed by atoms with Crippen molar-refractivity contribution in [1.82, 2.24) is 10.2 Å². The van der Waals surface area contributed by atoms with E-state index in [0.717, 1.165) is 16.8 Å². The SMILES string of the molecule is Cc1cccc(NC(=O)c2cc(-c3ccc(N=C(N)N)cc3)n[nH]2)c1.Cl. The number of hydrogen-bond donors (Lipinski definition) is 4. The first kappa shape index (κ1) is 19.0. The molecule has 134 valence electrons. The minimum atomic E-state index is -0.249. The average Bonchev–Trinajstić information content (AvgIpc) is 3.05. The molecule has 2 aromatic carbocycles. The van der Waals surface area contributed by atoms with Crippen LogP contribution in [0.4, 0.5) is 11.4 Å². The molecule has 0 bridgehead atoms. The number of H-pyrrole nitrogens is 1. The minimum Gasteiger partial charge on any atom is -0.370 e. The number of hydrogen-bond acceptors (Lipinski definition) is 3. The Balaban J connectivity index is 0.00000243. The van der Waals surface area contributed by atoms with Crippen molar-refractivity contribution in [2.24, 2.45) is 16.5 Å². The smallest absolute Gasteiger partial charge is 0.273 e. The lowest BCUT2D eigenvalue weighted by molar-refractivity contribution is 0.102. The predicted molar refractivity (Wildman–Crippen MR) is 106 cm³/mol. The fraction of sp³-hybridized carbons (Fsp3) is 0.0556. The zero-order chi connectivity index (χ0) is 17.8. The Kier molecular flexibility index (Phi) is 5.98. The molecule has 1 aromatic heterocycles. The first-order valence-corrected chi connectivity index (χ1v) is 7.65. The molecule has 8 heteroatoms. The number of nitrogens with one attached hydrogen (secondary N) is 2. The lowest BCUT2D eigenvalue weighted by atomic mass is 10.1. The van der Waals surface area contributed by atoms with Crippen LogP contribution in [-0.2, 0) is 0 Å². The van der Waals surface area contributed by atoms with Gasteiger partial charge in [-0.15, -0.1) is 12.4 Å². The highest BCUT2D eigenvalue weighted by Gasteiger charge is 2.11. The molecule has 26 heavy (non-hydrogen) atoms. The number of aromatic nitrogens is 2. The molecule has 1 heterocycles. The number of nitrogens with two attached hydrogens (primary N) is 2. The summed E-state index contributed by atoms with van der Waals surface area (Å²) in [6.07, 6.45) is 0. The number of nitrogens with zero attached hydrogens (tertiary/aromatic N) is 2. The van der Waals surface area contributed by atoms with Crippen LogP contribution in [0, 0.1) is 6.92 Å². The minimum absolute atomic E-state index is 0. The molecule has 7 nitrogen and oxygen atoms in total. The van der Waals surface area contributed by atoms with E-state index in [9.17, 15) is 4.79 Å². The van der Waals surface area contributed by atoms with Crippen LogP contribution in [0.1, 0.15) is 16.1 Å². The molecule has 0 aliphatic rings. The van der Waals surface area contributed by atoms with Gasteiger partial charge in [0.25, 0.3) is 5.91 Å².